The number of aryl methyl sites for hydroxylation is 2. The van der Waals surface area contributed by atoms with Crippen molar-refractivity contribution in [3.05, 3.63) is 70.6 Å². The second-order valence-corrected chi connectivity index (χ2v) is 11.7. The van der Waals surface area contributed by atoms with Gasteiger partial charge in [0.15, 0.2) is 9.84 Å². The summed E-state index contributed by atoms with van der Waals surface area (Å²) >= 11 is 0. The molecule has 0 fully saturated rings. The van der Waals surface area contributed by atoms with Gasteiger partial charge in [0, 0.05) is 29.7 Å². The Morgan fingerprint density at radius 3 is 2.12 bits per heavy atom. The van der Waals surface area contributed by atoms with Crippen LogP contribution in [-0.2, 0) is 19.9 Å². The molecule has 0 N–H and O–H groups in total. The Morgan fingerprint density at radius 1 is 1.00 bits per heavy atom. The van der Waals surface area contributed by atoms with Crippen molar-refractivity contribution in [1.82, 2.24) is 4.31 Å². The molecule has 172 valence electrons. The topological polar surface area (TPSA) is 91.8 Å². The van der Waals surface area contributed by atoms with Gasteiger partial charge in [-0.2, -0.15) is 4.31 Å². The Hall–Kier alpha value is -2.49. The third-order valence-corrected chi connectivity index (χ3v) is 9.12. The van der Waals surface area contributed by atoms with Gasteiger partial charge in [-0.25, -0.2) is 16.8 Å². The zero-order valence-corrected chi connectivity index (χ0v) is 20.3. The summed E-state index contributed by atoms with van der Waals surface area (Å²) in [6.07, 6.45) is 1.52. The van der Waals surface area contributed by atoms with E-state index in [1.807, 2.05) is 26.0 Å². The van der Waals surface area contributed by atoms with Crippen molar-refractivity contribution >= 4 is 31.5 Å². The third-order valence-electron chi connectivity index (χ3n) is 5.67. The maximum Gasteiger partial charge on any atom is 0.258 e. The average Bonchev–Trinajstić information content (AvgIpc) is 3.10. The number of anilines is 1. The molecule has 0 saturated heterocycles. The number of amides is 1. The third kappa shape index (κ3) is 4.79. The minimum absolute atomic E-state index is 0.110. The molecular formula is C23H28N2O5S2. The first-order valence-electron chi connectivity index (χ1n) is 10.4. The summed E-state index contributed by atoms with van der Waals surface area (Å²) in [6.45, 7) is 8.12. The van der Waals surface area contributed by atoms with E-state index >= 15 is 0 Å². The molecule has 1 amide bonds. The van der Waals surface area contributed by atoms with Gasteiger partial charge in [-0.15, -0.1) is 0 Å². The van der Waals surface area contributed by atoms with E-state index in [0.717, 1.165) is 16.5 Å². The summed E-state index contributed by atoms with van der Waals surface area (Å²) in [6, 6.07) is 10.7. The molecule has 1 aliphatic heterocycles. The molecular weight excluding hydrogens is 448 g/mol. The first kappa shape index (κ1) is 24.2. The average molecular weight is 477 g/mol. The second kappa shape index (κ2) is 9.17. The number of rotatable bonds is 7. The van der Waals surface area contributed by atoms with Crippen molar-refractivity contribution in [1.29, 1.82) is 0 Å². The summed E-state index contributed by atoms with van der Waals surface area (Å²) < 4.78 is 50.9. The van der Waals surface area contributed by atoms with Gasteiger partial charge >= 0.3 is 0 Å². The van der Waals surface area contributed by atoms with E-state index in [4.69, 9.17) is 0 Å². The van der Waals surface area contributed by atoms with Gasteiger partial charge in [-0.1, -0.05) is 19.9 Å². The lowest BCUT2D eigenvalue weighted by Gasteiger charge is -2.28. The molecule has 2 aromatic carbocycles. The number of sulfonamides is 1. The van der Waals surface area contributed by atoms with Crippen LogP contribution < -0.4 is 4.90 Å². The van der Waals surface area contributed by atoms with Crippen LogP contribution in [-0.4, -0.2) is 51.9 Å². The quantitative estimate of drug-likeness (QED) is 0.612. The van der Waals surface area contributed by atoms with Crippen LogP contribution in [0.25, 0.3) is 0 Å². The van der Waals surface area contributed by atoms with Gasteiger partial charge in [-0.05, 0) is 67.4 Å². The van der Waals surface area contributed by atoms with Crippen LogP contribution in [0.1, 0.15) is 35.3 Å². The molecule has 0 spiro atoms. The monoisotopic (exact) mass is 476 g/mol. The molecule has 3 rings (SSSR count). The lowest BCUT2D eigenvalue weighted by Crippen LogP contribution is -2.41. The van der Waals surface area contributed by atoms with Crippen molar-refractivity contribution in [3.8, 4) is 0 Å². The normalized spacial score (nSPS) is 17.6. The molecule has 1 heterocycles. The van der Waals surface area contributed by atoms with E-state index < -0.39 is 31.8 Å². The van der Waals surface area contributed by atoms with E-state index in [9.17, 15) is 21.6 Å². The number of nitrogens with zero attached hydrogens (tertiary/aromatic N) is 2. The zero-order chi connectivity index (χ0) is 23.7. The molecule has 0 aromatic heterocycles. The highest BCUT2D eigenvalue weighted by atomic mass is 32.2. The first-order chi connectivity index (χ1) is 15.0. The highest BCUT2D eigenvalue weighted by Crippen LogP contribution is 2.27. The molecule has 7 nitrogen and oxygen atoms in total. The maximum absolute atomic E-state index is 13.5. The van der Waals surface area contributed by atoms with Gasteiger partial charge in [0.05, 0.1) is 16.7 Å². The summed E-state index contributed by atoms with van der Waals surface area (Å²) in [5.74, 6) is -0.591. The van der Waals surface area contributed by atoms with Crippen molar-refractivity contribution < 1.29 is 21.6 Å². The standard InChI is InChI=1S/C23H28N2O5S2/c1-5-24(6-2)32(29,30)22-11-8-19(9-12-22)23(26)25(21-13-14-31(27,28)16-21)20-10-7-17(3)18(4)15-20/h7-15,21H,5-6,16H2,1-4H3/t21-/m1/s1. The Balaban J connectivity index is 2.00. The van der Waals surface area contributed by atoms with Gasteiger partial charge in [0.1, 0.15) is 0 Å². The van der Waals surface area contributed by atoms with E-state index in [0.29, 0.717) is 18.8 Å². The fraction of sp³-hybridized carbons (Fsp3) is 0.348. The van der Waals surface area contributed by atoms with Gasteiger partial charge in [0.25, 0.3) is 5.91 Å². The molecule has 2 aromatic rings. The summed E-state index contributed by atoms with van der Waals surface area (Å²) in [7, 11) is -7.02. The van der Waals surface area contributed by atoms with E-state index in [1.165, 1.54) is 39.5 Å². The van der Waals surface area contributed by atoms with Crippen LogP contribution >= 0.6 is 0 Å². The highest BCUT2D eigenvalue weighted by molar-refractivity contribution is 7.94. The number of carbonyl (C=O) groups is 1. The Bertz CT molecular complexity index is 1250. The van der Waals surface area contributed by atoms with Gasteiger partial charge in [0.2, 0.25) is 10.0 Å². The maximum atomic E-state index is 13.5. The number of hydrogen-bond acceptors (Lipinski definition) is 5. The molecule has 0 bridgehead atoms. The van der Waals surface area contributed by atoms with Crippen molar-refractivity contribution in [2.75, 3.05) is 23.7 Å². The van der Waals surface area contributed by atoms with Crippen LogP contribution in [0.5, 0.6) is 0 Å². The SMILES string of the molecule is CCN(CC)S(=O)(=O)c1ccc(C(=O)N(c2ccc(C)c(C)c2)[C@@H]2C=CS(=O)(=O)C2)cc1. The first-order valence-corrected chi connectivity index (χ1v) is 13.6. The molecule has 1 atom stereocenters. The van der Waals surface area contributed by atoms with Gasteiger partial charge in [-0.3, -0.25) is 4.79 Å². The van der Waals surface area contributed by atoms with E-state index in [1.54, 1.807) is 19.9 Å². The van der Waals surface area contributed by atoms with E-state index in [2.05, 4.69) is 0 Å². The molecule has 9 heteroatoms. The van der Waals surface area contributed by atoms with Crippen molar-refractivity contribution in [2.24, 2.45) is 0 Å². The van der Waals surface area contributed by atoms with Crippen LogP contribution in [0.3, 0.4) is 0 Å². The number of sulfone groups is 1. The lowest BCUT2D eigenvalue weighted by atomic mass is 10.1. The molecule has 0 saturated carbocycles. The Labute approximate surface area is 190 Å². The van der Waals surface area contributed by atoms with Crippen molar-refractivity contribution in [2.45, 2.75) is 38.6 Å². The van der Waals surface area contributed by atoms with Crippen molar-refractivity contribution in [3.63, 3.8) is 0 Å². The fourth-order valence-electron chi connectivity index (χ4n) is 3.68. The minimum Gasteiger partial charge on any atom is -0.300 e. The largest absolute Gasteiger partial charge is 0.300 e. The smallest absolute Gasteiger partial charge is 0.258 e. The molecule has 0 radical (unpaired) electrons. The molecule has 0 aliphatic carbocycles. The van der Waals surface area contributed by atoms with Gasteiger partial charge < -0.3 is 4.90 Å². The Morgan fingerprint density at radius 2 is 1.62 bits per heavy atom. The highest BCUT2D eigenvalue weighted by Gasteiger charge is 2.32. The Kier molecular flexibility index (Phi) is 6.92. The summed E-state index contributed by atoms with van der Waals surface area (Å²) in [5.41, 5.74) is 2.90. The lowest BCUT2D eigenvalue weighted by molar-refractivity contribution is 0.0983. The van der Waals surface area contributed by atoms with Crippen LogP contribution in [0.4, 0.5) is 5.69 Å². The molecule has 0 unspecified atom stereocenters. The fourth-order valence-corrected chi connectivity index (χ4v) is 6.40. The zero-order valence-electron chi connectivity index (χ0n) is 18.6. The van der Waals surface area contributed by atoms with E-state index in [-0.39, 0.29) is 16.2 Å². The predicted molar refractivity (Wildman–Crippen MR) is 126 cm³/mol. The van der Waals surface area contributed by atoms with Crippen LogP contribution in [0, 0.1) is 13.8 Å². The second-order valence-electron chi connectivity index (χ2n) is 7.78. The van der Waals surface area contributed by atoms with Crippen LogP contribution in [0.2, 0.25) is 0 Å². The minimum atomic E-state index is -3.64. The number of benzene rings is 2. The number of hydrogen-bond donors (Lipinski definition) is 0. The predicted octanol–water partition coefficient (Wildman–Crippen LogP) is 3.29. The molecule has 32 heavy (non-hydrogen) atoms. The summed E-state index contributed by atoms with van der Waals surface area (Å²) in [4.78, 5) is 15.1. The summed E-state index contributed by atoms with van der Waals surface area (Å²) in [5, 5.41) is 1.14. The number of carbonyl (C=O) groups excluding carboxylic acids is 1. The van der Waals surface area contributed by atoms with Crippen LogP contribution in [0.15, 0.2) is 58.8 Å². The molecule has 1 aliphatic rings.